The van der Waals surface area contributed by atoms with Crippen LogP contribution in [-0.4, -0.2) is 17.3 Å². The minimum absolute atomic E-state index is 0.266. The van der Waals surface area contributed by atoms with Crippen molar-refractivity contribution in [2.75, 3.05) is 0 Å². The third kappa shape index (κ3) is 4.60. The summed E-state index contributed by atoms with van der Waals surface area (Å²) in [5.41, 5.74) is 0. The van der Waals surface area contributed by atoms with E-state index < -0.39 is 5.97 Å². The molecule has 0 aromatic rings. The first kappa shape index (κ1) is 10.7. The molecule has 0 aliphatic carbocycles. The molecule has 0 spiro atoms. The van der Waals surface area contributed by atoms with Crippen LogP contribution in [0, 0.1) is 5.92 Å². The molecule has 0 saturated carbocycles. The molecule has 1 atom stereocenters. The van der Waals surface area contributed by atoms with E-state index in [0.717, 1.165) is 19.3 Å². The molecule has 1 aliphatic heterocycles. The van der Waals surface area contributed by atoms with Crippen molar-refractivity contribution in [3.05, 3.63) is 24.4 Å². The number of carboxylic acid groups (broad SMARTS) is 1. The van der Waals surface area contributed by atoms with Crippen LogP contribution in [0.2, 0.25) is 0 Å². The minimum Gasteiger partial charge on any atom is -0.481 e. The molecule has 0 amide bonds. The SMILES string of the molecule is O=C(O)CCCC1C=CC=NC=CC1. The molecule has 1 heterocycles. The number of allylic oxidation sites excluding steroid dienone is 3. The van der Waals surface area contributed by atoms with Crippen LogP contribution in [0.15, 0.2) is 29.4 Å². The van der Waals surface area contributed by atoms with Gasteiger partial charge in [-0.25, -0.2) is 0 Å². The van der Waals surface area contributed by atoms with Gasteiger partial charge < -0.3 is 5.11 Å². The van der Waals surface area contributed by atoms with Crippen LogP contribution in [0.25, 0.3) is 0 Å². The van der Waals surface area contributed by atoms with E-state index in [1.54, 1.807) is 12.4 Å². The Bertz CT molecular complexity index is 266. The lowest BCUT2D eigenvalue weighted by atomic mass is 9.97. The van der Waals surface area contributed by atoms with E-state index in [4.69, 9.17) is 5.11 Å². The Morgan fingerprint density at radius 3 is 3.21 bits per heavy atom. The largest absolute Gasteiger partial charge is 0.481 e. The molecule has 14 heavy (non-hydrogen) atoms. The van der Waals surface area contributed by atoms with E-state index in [0.29, 0.717) is 5.92 Å². The molecule has 0 saturated heterocycles. The Morgan fingerprint density at radius 1 is 1.57 bits per heavy atom. The number of rotatable bonds is 4. The average molecular weight is 193 g/mol. The molecule has 0 radical (unpaired) electrons. The number of aliphatic carboxylic acids is 1. The van der Waals surface area contributed by atoms with E-state index in [-0.39, 0.29) is 6.42 Å². The molecule has 3 heteroatoms. The zero-order valence-electron chi connectivity index (χ0n) is 8.10. The Balaban J connectivity index is 2.29. The van der Waals surface area contributed by atoms with Crippen LogP contribution < -0.4 is 0 Å². The summed E-state index contributed by atoms with van der Waals surface area (Å²) in [5.74, 6) is -0.255. The fourth-order valence-electron chi connectivity index (χ4n) is 1.41. The fourth-order valence-corrected chi connectivity index (χ4v) is 1.41. The van der Waals surface area contributed by atoms with Crippen LogP contribution in [0.4, 0.5) is 0 Å². The highest BCUT2D eigenvalue weighted by molar-refractivity contribution is 5.71. The van der Waals surface area contributed by atoms with Crippen molar-refractivity contribution in [1.82, 2.24) is 0 Å². The van der Waals surface area contributed by atoms with Gasteiger partial charge in [0.25, 0.3) is 0 Å². The van der Waals surface area contributed by atoms with Crippen LogP contribution >= 0.6 is 0 Å². The summed E-state index contributed by atoms with van der Waals surface area (Å²) in [6.45, 7) is 0. The number of hydrogen-bond donors (Lipinski definition) is 1. The van der Waals surface area contributed by atoms with E-state index in [1.807, 2.05) is 12.2 Å². The maximum atomic E-state index is 10.3. The second kappa shape index (κ2) is 6.13. The third-order valence-corrected chi connectivity index (χ3v) is 2.15. The first-order valence-corrected chi connectivity index (χ1v) is 4.86. The zero-order chi connectivity index (χ0) is 10.2. The molecule has 0 aromatic heterocycles. The van der Waals surface area contributed by atoms with Crippen molar-refractivity contribution >= 4 is 12.2 Å². The molecule has 0 fully saturated rings. The lowest BCUT2D eigenvalue weighted by Gasteiger charge is -2.09. The van der Waals surface area contributed by atoms with Gasteiger partial charge in [-0.05, 0) is 31.3 Å². The summed E-state index contributed by atoms with van der Waals surface area (Å²) in [4.78, 5) is 14.3. The fraction of sp³-hybridized carbons (Fsp3) is 0.455. The van der Waals surface area contributed by atoms with Crippen LogP contribution in [-0.2, 0) is 4.79 Å². The van der Waals surface area contributed by atoms with E-state index in [1.165, 1.54) is 0 Å². The van der Waals surface area contributed by atoms with Crippen molar-refractivity contribution in [2.24, 2.45) is 10.9 Å². The first-order valence-electron chi connectivity index (χ1n) is 4.86. The average Bonchev–Trinajstić information content (AvgIpc) is 2.07. The number of aliphatic imine (C=N–C) groups is 1. The number of nitrogens with zero attached hydrogens (tertiary/aromatic N) is 1. The van der Waals surface area contributed by atoms with Crippen LogP contribution in [0.3, 0.4) is 0 Å². The lowest BCUT2D eigenvalue weighted by Crippen LogP contribution is -2.00. The van der Waals surface area contributed by atoms with Crippen molar-refractivity contribution in [3.63, 3.8) is 0 Å². The Kier molecular flexibility index (Phi) is 4.69. The highest BCUT2D eigenvalue weighted by atomic mass is 16.4. The van der Waals surface area contributed by atoms with Gasteiger partial charge in [0.15, 0.2) is 0 Å². The maximum absolute atomic E-state index is 10.3. The number of carbonyl (C=O) groups is 1. The summed E-state index contributed by atoms with van der Waals surface area (Å²) in [6, 6.07) is 0. The molecular formula is C11H15NO2. The smallest absolute Gasteiger partial charge is 0.303 e. The molecule has 0 bridgehead atoms. The Labute approximate surface area is 83.9 Å². The highest BCUT2D eigenvalue weighted by Crippen LogP contribution is 2.15. The van der Waals surface area contributed by atoms with Crippen molar-refractivity contribution in [3.8, 4) is 0 Å². The summed E-state index contributed by atoms with van der Waals surface area (Å²) in [6.07, 6.45) is 12.5. The standard InChI is InChI=1S/C11H15NO2/c13-11(14)7-1-4-10-5-2-8-12-9-3-6-10/h2-3,5,8-10H,1,4,6-7H2,(H,13,14). The van der Waals surface area contributed by atoms with Gasteiger partial charge >= 0.3 is 5.97 Å². The summed E-state index contributed by atoms with van der Waals surface area (Å²) >= 11 is 0. The first-order chi connectivity index (χ1) is 6.79. The van der Waals surface area contributed by atoms with Gasteiger partial charge in [-0.15, -0.1) is 0 Å². The molecule has 1 N–H and O–H groups in total. The van der Waals surface area contributed by atoms with E-state index in [2.05, 4.69) is 11.1 Å². The summed E-state index contributed by atoms with van der Waals surface area (Å²) in [5, 5.41) is 8.49. The second-order valence-corrected chi connectivity index (χ2v) is 3.35. The van der Waals surface area contributed by atoms with Crippen LogP contribution in [0.5, 0.6) is 0 Å². The predicted octanol–water partition coefficient (Wildman–Crippen LogP) is 2.40. The van der Waals surface area contributed by atoms with Crippen molar-refractivity contribution in [2.45, 2.75) is 25.7 Å². The zero-order valence-corrected chi connectivity index (χ0v) is 8.10. The van der Waals surface area contributed by atoms with Gasteiger partial charge in [0.2, 0.25) is 0 Å². The summed E-state index contributed by atoms with van der Waals surface area (Å²) < 4.78 is 0. The predicted molar refractivity (Wildman–Crippen MR) is 56.4 cm³/mol. The van der Waals surface area contributed by atoms with E-state index in [9.17, 15) is 4.79 Å². The highest BCUT2D eigenvalue weighted by Gasteiger charge is 2.05. The van der Waals surface area contributed by atoms with Gasteiger partial charge in [0, 0.05) is 18.8 Å². The van der Waals surface area contributed by atoms with Crippen molar-refractivity contribution < 1.29 is 9.90 Å². The van der Waals surface area contributed by atoms with E-state index >= 15 is 0 Å². The number of carboxylic acids is 1. The quantitative estimate of drug-likeness (QED) is 0.745. The van der Waals surface area contributed by atoms with Gasteiger partial charge in [-0.3, -0.25) is 9.79 Å². The molecule has 0 aromatic carbocycles. The van der Waals surface area contributed by atoms with Gasteiger partial charge in [-0.1, -0.05) is 12.2 Å². The molecule has 76 valence electrons. The maximum Gasteiger partial charge on any atom is 0.303 e. The van der Waals surface area contributed by atoms with Gasteiger partial charge in [-0.2, -0.15) is 0 Å². The normalized spacial score (nSPS) is 20.4. The number of hydrogen-bond acceptors (Lipinski definition) is 2. The summed E-state index contributed by atoms with van der Waals surface area (Å²) in [7, 11) is 0. The lowest BCUT2D eigenvalue weighted by molar-refractivity contribution is -0.137. The topological polar surface area (TPSA) is 49.7 Å². The molecule has 1 aliphatic rings. The van der Waals surface area contributed by atoms with Crippen molar-refractivity contribution in [1.29, 1.82) is 0 Å². The third-order valence-electron chi connectivity index (χ3n) is 2.15. The molecular weight excluding hydrogens is 178 g/mol. The monoisotopic (exact) mass is 193 g/mol. The molecule has 3 nitrogen and oxygen atoms in total. The van der Waals surface area contributed by atoms with Gasteiger partial charge in [0.1, 0.15) is 0 Å². The molecule has 1 unspecified atom stereocenters. The van der Waals surface area contributed by atoms with Crippen LogP contribution in [0.1, 0.15) is 25.7 Å². The second-order valence-electron chi connectivity index (χ2n) is 3.35. The van der Waals surface area contributed by atoms with Gasteiger partial charge in [0.05, 0.1) is 0 Å². The Hall–Kier alpha value is -1.38. The molecule has 1 rings (SSSR count). The minimum atomic E-state index is -0.711. The Morgan fingerprint density at radius 2 is 2.43 bits per heavy atom.